The van der Waals surface area contributed by atoms with Crippen molar-refractivity contribution in [2.24, 2.45) is 0 Å². The summed E-state index contributed by atoms with van der Waals surface area (Å²) in [5, 5.41) is 13.6. The van der Waals surface area contributed by atoms with E-state index in [4.69, 9.17) is 5.10 Å². The van der Waals surface area contributed by atoms with E-state index in [1.54, 1.807) is 4.45 Å². The van der Waals surface area contributed by atoms with Gasteiger partial charge in [-0.1, -0.05) is 36.4 Å². The lowest BCUT2D eigenvalue weighted by atomic mass is 10.2. The maximum atomic E-state index is 4.86. The first-order valence-electron chi connectivity index (χ1n) is 8.84. The average molecular weight is 384 g/mol. The molecule has 5 aromatic rings. The topological polar surface area (TPSA) is 53.5 Å². The molecule has 3 aromatic heterocycles. The summed E-state index contributed by atoms with van der Waals surface area (Å²) in [6, 6.07) is 22.2. The van der Waals surface area contributed by atoms with Crippen LogP contribution in [0.5, 0.6) is 0 Å². The van der Waals surface area contributed by atoms with Crippen LogP contribution in [-0.2, 0) is 0 Å². The van der Waals surface area contributed by atoms with Crippen LogP contribution in [0.2, 0.25) is 0 Å². The van der Waals surface area contributed by atoms with Gasteiger partial charge in [-0.05, 0) is 39.7 Å². The molecule has 0 radical (unpaired) electrons. The number of hydrogen-bond acceptors (Lipinski definition) is 3. The Labute approximate surface area is 164 Å². The number of nitrogens with zero attached hydrogens (tertiary/aromatic N) is 6. The fraction of sp³-hybridized carbons (Fsp3) is 0. The Morgan fingerprint density at radius 1 is 0.714 bits per heavy atom. The molecule has 0 saturated heterocycles. The van der Waals surface area contributed by atoms with E-state index in [1.165, 1.54) is 0 Å². The second-order valence-electron chi connectivity index (χ2n) is 6.38. The third-order valence-electron chi connectivity index (χ3n) is 4.51. The molecule has 1 unspecified atom stereocenters. The van der Waals surface area contributed by atoms with Crippen molar-refractivity contribution in [2.45, 2.75) is 0 Å². The summed E-state index contributed by atoms with van der Waals surface area (Å²) in [6.07, 6.45) is 7.63. The van der Waals surface area contributed by atoms with Crippen LogP contribution in [0.25, 0.3) is 33.9 Å². The molecule has 136 valence electrons. The number of para-hydroxylation sites is 2. The van der Waals surface area contributed by atoms with Gasteiger partial charge in [-0.3, -0.25) is 4.45 Å². The average Bonchev–Trinajstić information content (AvgIpc) is 3.48. The normalized spacial score (nSPS) is 11.0. The Balaban J connectivity index is 1.62. The first kappa shape index (κ1) is 16.7. The maximum Gasteiger partial charge on any atom is 0.0965 e. The zero-order valence-corrected chi connectivity index (χ0v) is 16.1. The molecule has 0 amide bonds. The van der Waals surface area contributed by atoms with Crippen molar-refractivity contribution in [3.8, 4) is 33.9 Å². The molecule has 7 heteroatoms. The molecule has 0 fully saturated rings. The minimum Gasteiger partial charge on any atom is -0.258 e. The van der Waals surface area contributed by atoms with Gasteiger partial charge in [0.25, 0.3) is 0 Å². The fourth-order valence-electron chi connectivity index (χ4n) is 3.14. The molecule has 2 aromatic carbocycles. The molecule has 3 heterocycles. The predicted molar refractivity (Wildman–Crippen MR) is 112 cm³/mol. The highest BCUT2D eigenvalue weighted by atomic mass is 31.0. The van der Waals surface area contributed by atoms with E-state index in [9.17, 15) is 0 Å². The van der Waals surface area contributed by atoms with Gasteiger partial charge >= 0.3 is 0 Å². The second-order valence-corrected chi connectivity index (χ2v) is 6.91. The minimum absolute atomic E-state index is 0.859. The summed E-state index contributed by atoms with van der Waals surface area (Å²) < 4.78 is 5.51. The highest BCUT2D eigenvalue weighted by Crippen LogP contribution is 2.29. The van der Waals surface area contributed by atoms with Crippen molar-refractivity contribution in [2.75, 3.05) is 0 Å². The van der Waals surface area contributed by atoms with Crippen molar-refractivity contribution in [3.63, 3.8) is 0 Å². The van der Waals surface area contributed by atoms with E-state index in [0.29, 0.717) is 0 Å². The standard InChI is InChI=1S/C21H17N6P/c28-26-15-17(13-23-26)21-11-20(24-27(21)19-9-5-2-6-10-19)16-12-22-25(14-16)18-7-3-1-4-8-18/h1-15H,28H2. The van der Waals surface area contributed by atoms with Crippen molar-refractivity contribution >= 4 is 9.39 Å². The van der Waals surface area contributed by atoms with Crippen molar-refractivity contribution in [1.29, 1.82) is 0 Å². The van der Waals surface area contributed by atoms with Crippen LogP contribution in [0.1, 0.15) is 0 Å². The minimum atomic E-state index is 0.859. The van der Waals surface area contributed by atoms with Gasteiger partial charge in [0.1, 0.15) is 0 Å². The smallest absolute Gasteiger partial charge is 0.0965 e. The van der Waals surface area contributed by atoms with Gasteiger partial charge in [0.2, 0.25) is 0 Å². The van der Waals surface area contributed by atoms with Gasteiger partial charge < -0.3 is 0 Å². The van der Waals surface area contributed by atoms with Crippen LogP contribution >= 0.6 is 9.39 Å². The molecular weight excluding hydrogens is 367 g/mol. The molecule has 5 rings (SSSR count). The third kappa shape index (κ3) is 3.04. The van der Waals surface area contributed by atoms with Crippen LogP contribution in [0, 0.1) is 0 Å². The Bertz CT molecular complexity index is 1220. The summed E-state index contributed by atoms with van der Waals surface area (Å²) in [4.78, 5) is 0. The van der Waals surface area contributed by atoms with Gasteiger partial charge in [0.05, 0.1) is 35.2 Å². The summed E-state index contributed by atoms with van der Waals surface area (Å²) in [5.41, 5.74) is 5.79. The van der Waals surface area contributed by atoms with Gasteiger partial charge in [0, 0.05) is 23.5 Å². The van der Waals surface area contributed by atoms with Gasteiger partial charge in [-0.25, -0.2) is 9.36 Å². The van der Waals surface area contributed by atoms with E-state index in [-0.39, 0.29) is 0 Å². The Kier molecular flexibility index (Phi) is 4.11. The van der Waals surface area contributed by atoms with Crippen LogP contribution < -0.4 is 0 Å². The Hall–Kier alpha value is -3.50. The van der Waals surface area contributed by atoms with Crippen LogP contribution in [0.3, 0.4) is 0 Å². The van der Waals surface area contributed by atoms with Crippen LogP contribution in [0.15, 0.2) is 91.5 Å². The predicted octanol–water partition coefficient (Wildman–Crippen LogP) is 4.23. The summed E-state index contributed by atoms with van der Waals surface area (Å²) in [7, 11) is 2.55. The van der Waals surface area contributed by atoms with Gasteiger partial charge in [-0.15, -0.1) is 0 Å². The number of aromatic nitrogens is 6. The molecule has 28 heavy (non-hydrogen) atoms. The summed E-state index contributed by atoms with van der Waals surface area (Å²) in [5.74, 6) is 0. The fourth-order valence-corrected chi connectivity index (χ4v) is 3.37. The Morgan fingerprint density at radius 3 is 2.07 bits per heavy atom. The highest BCUT2D eigenvalue weighted by Gasteiger charge is 2.15. The van der Waals surface area contributed by atoms with Crippen LogP contribution in [-0.4, -0.2) is 29.1 Å². The molecular formula is C21H17N6P. The number of hydrogen-bond donors (Lipinski definition) is 0. The summed E-state index contributed by atoms with van der Waals surface area (Å²) >= 11 is 0. The quantitative estimate of drug-likeness (QED) is 0.436. The molecule has 0 aliphatic carbocycles. The van der Waals surface area contributed by atoms with E-state index >= 15 is 0 Å². The monoisotopic (exact) mass is 384 g/mol. The molecule has 0 saturated carbocycles. The zero-order chi connectivity index (χ0) is 18.9. The lowest BCUT2D eigenvalue weighted by molar-refractivity contribution is 0.880. The van der Waals surface area contributed by atoms with Crippen molar-refractivity contribution in [3.05, 3.63) is 91.5 Å². The molecule has 6 nitrogen and oxygen atoms in total. The molecule has 0 aliphatic heterocycles. The highest BCUT2D eigenvalue weighted by molar-refractivity contribution is 7.14. The molecule has 0 N–H and O–H groups in total. The molecule has 0 aliphatic rings. The number of rotatable bonds is 4. The number of benzene rings is 2. The SMILES string of the molecule is Pn1cc(-c2cc(-c3cnn(-c4ccccc4)c3)nn2-c2ccccc2)cn1. The zero-order valence-electron chi connectivity index (χ0n) is 14.9. The van der Waals surface area contributed by atoms with E-state index in [0.717, 1.165) is 33.9 Å². The largest absolute Gasteiger partial charge is 0.258 e. The molecule has 0 bridgehead atoms. The van der Waals surface area contributed by atoms with Gasteiger partial charge in [-0.2, -0.15) is 15.3 Å². The first-order chi connectivity index (χ1) is 13.8. The first-order valence-corrected chi connectivity index (χ1v) is 9.36. The lowest BCUT2D eigenvalue weighted by Gasteiger charge is -2.05. The summed E-state index contributed by atoms with van der Waals surface area (Å²) in [6.45, 7) is 0. The van der Waals surface area contributed by atoms with E-state index < -0.39 is 0 Å². The van der Waals surface area contributed by atoms with Crippen molar-refractivity contribution < 1.29 is 0 Å². The molecule has 1 atom stereocenters. The van der Waals surface area contributed by atoms with Crippen molar-refractivity contribution in [1.82, 2.24) is 29.1 Å². The Morgan fingerprint density at radius 2 is 1.39 bits per heavy atom. The molecule has 0 spiro atoms. The van der Waals surface area contributed by atoms with E-state index in [2.05, 4.69) is 25.7 Å². The van der Waals surface area contributed by atoms with E-state index in [1.807, 2.05) is 94.8 Å². The maximum absolute atomic E-state index is 4.86. The second kappa shape index (κ2) is 6.91. The third-order valence-corrected chi connectivity index (χ3v) is 4.79. The van der Waals surface area contributed by atoms with Gasteiger partial charge in [0.15, 0.2) is 0 Å². The van der Waals surface area contributed by atoms with Crippen LogP contribution in [0.4, 0.5) is 0 Å². The lowest BCUT2D eigenvalue weighted by Crippen LogP contribution is -1.98.